The molecule has 2 N–H and O–H groups in total. The topological polar surface area (TPSA) is 92.9 Å². The number of ether oxygens (including phenoxy) is 1. The van der Waals surface area contributed by atoms with Crippen LogP contribution in [-0.2, 0) is 20.8 Å². The normalized spacial score (nSPS) is 16.6. The molecule has 7 heteroatoms. The highest BCUT2D eigenvalue weighted by molar-refractivity contribution is 5.98. The van der Waals surface area contributed by atoms with Crippen molar-refractivity contribution in [2.24, 2.45) is 5.73 Å². The summed E-state index contributed by atoms with van der Waals surface area (Å²) in [6, 6.07) is 16.9. The van der Waals surface area contributed by atoms with Crippen molar-refractivity contribution < 1.29 is 19.1 Å². The van der Waals surface area contributed by atoms with Gasteiger partial charge < -0.3 is 20.3 Å². The molecule has 1 atom stereocenters. The van der Waals surface area contributed by atoms with E-state index in [1.807, 2.05) is 54.6 Å². The van der Waals surface area contributed by atoms with Gasteiger partial charge in [-0.25, -0.2) is 0 Å². The third-order valence-electron chi connectivity index (χ3n) is 5.03. The zero-order chi connectivity index (χ0) is 20.8. The number of hydrogen-bond acceptors (Lipinski definition) is 4. The Kier molecular flexibility index (Phi) is 6.49. The summed E-state index contributed by atoms with van der Waals surface area (Å²) in [6.07, 6.45) is 0.588. The van der Waals surface area contributed by atoms with Gasteiger partial charge in [-0.2, -0.15) is 0 Å². The number of nitrogens with two attached hydrogens (primary N) is 1. The maximum atomic E-state index is 12.8. The SMILES string of the molecule is COc1cccc(N2C[C@H](Cc3ccccc3)N(C(=O)CCC(N)=O)CC2=O)c1. The van der Waals surface area contributed by atoms with E-state index in [0.717, 1.165) is 11.3 Å². The molecule has 0 saturated carbocycles. The maximum absolute atomic E-state index is 12.8. The fourth-order valence-corrected chi connectivity index (χ4v) is 3.53. The molecule has 0 bridgehead atoms. The van der Waals surface area contributed by atoms with Gasteiger partial charge in [-0.3, -0.25) is 14.4 Å². The summed E-state index contributed by atoms with van der Waals surface area (Å²) in [7, 11) is 1.58. The average molecular weight is 395 g/mol. The third-order valence-corrected chi connectivity index (χ3v) is 5.03. The van der Waals surface area contributed by atoms with Crippen LogP contribution in [0, 0.1) is 0 Å². The minimum atomic E-state index is -0.528. The van der Waals surface area contributed by atoms with Gasteiger partial charge in [0.2, 0.25) is 17.7 Å². The fraction of sp³-hybridized carbons (Fsp3) is 0.318. The van der Waals surface area contributed by atoms with Crippen molar-refractivity contribution in [2.45, 2.75) is 25.3 Å². The lowest BCUT2D eigenvalue weighted by Crippen LogP contribution is -2.59. The quantitative estimate of drug-likeness (QED) is 0.773. The fourth-order valence-electron chi connectivity index (χ4n) is 3.53. The molecular formula is C22H25N3O4. The van der Waals surface area contributed by atoms with Gasteiger partial charge in [-0.15, -0.1) is 0 Å². The van der Waals surface area contributed by atoms with Crippen LogP contribution >= 0.6 is 0 Å². The summed E-state index contributed by atoms with van der Waals surface area (Å²) in [5, 5.41) is 0. The first-order valence-corrected chi connectivity index (χ1v) is 9.54. The predicted octanol–water partition coefficient (Wildman–Crippen LogP) is 1.75. The van der Waals surface area contributed by atoms with Gasteiger partial charge in [0.15, 0.2) is 0 Å². The molecule has 7 nitrogen and oxygen atoms in total. The van der Waals surface area contributed by atoms with Crippen LogP contribution < -0.4 is 15.4 Å². The lowest BCUT2D eigenvalue weighted by Gasteiger charge is -2.41. The highest BCUT2D eigenvalue weighted by Gasteiger charge is 2.35. The molecule has 3 rings (SSSR count). The van der Waals surface area contributed by atoms with E-state index in [1.165, 1.54) is 0 Å². The summed E-state index contributed by atoms with van der Waals surface area (Å²) in [6.45, 7) is 0.329. The number of anilines is 1. The van der Waals surface area contributed by atoms with Crippen molar-refractivity contribution in [3.8, 4) is 5.75 Å². The van der Waals surface area contributed by atoms with Crippen molar-refractivity contribution in [3.05, 3.63) is 60.2 Å². The van der Waals surface area contributed by atoms with Crippen LogP contribution in [0.4, 0.5) is 5.69 Å². The molecule has 3 amide bonds. The number of nitrogens with zero attached hydrogens (tertiary/aromatic N) is 2. The molecule has 1 fully saturated rings. The summed E-state index contributed by atoms with van der Waals surface area (Å²) in [4.78, 5) is 39.9. The first-order chi connectivity index (χ1) is 14.0. The number of rotatable bonds is 7. The molecule has 0 spiro atoms. The Morgan fingerprint density at radius 1 is 1.10 bits per heavy atom. The second-order valence-corrected chi connectivity index (χ2v) is 7.04. The zero-order valence-electron chi connectivity index (χ0n) is 16.4. The molecule has 2 aromatic rings. The predicted molar refractivity (Wildman–Crippen MR) is 109 cm³/mol. The van der Waals surface area contributed by atoms with E-state index in [2.05, 4.69) is 0 Å². The first kappa shape index (κ1) is 20.4. The Balaban J connectivity index is 1.84. The molecule has 1 saturated heterocycles. The van der Waals surface area contributed by atoms with E-state index < -0.39 is 5.91 Å². The standard InChI is InChI=1S/C22H25N3O4/c1-29-19-9-5-8-17(13-19)24-14-18(12-16-6-3-2-4-7-16)25(15-22(24)28)21(27)11-10-20(23)26/h2-9,13,18H,10-12,14-15H2,1H3,(H2,23,26)/t18-/m0/s1. The number of benzene rings is 2. The van der Waals surface area contributed by atoms with Crippen LogP contribution in [0.3, 0.4) is 0 Å². The molecule has 29 heavy (non-hydrogen) atoms. The summed E-state index contributed by atoms with van der Waals surface area (Å²) in [5.74, 6) is -0.271. The number of carbonyl (C=O) groups excluding carboxylic acids is 3. The van der Waals surface area contributed by atoms with E-state index in [9.17, 15) is 14.4 Å². The number of piperazine rings is 1. The van der Waals surface area contributed by atoms with Crippen molar-refractivity contribution in [2.75, 3.05) is 25.1 Å². The van der Waals surface area contributed by atoms with Gasteiger partial charge in [0, 0.05) is 31.1 Å². The molecule has 1 aliphatic rings. The van der Waals surface area contributed by atoms with Crippen LogP contribution in [0.15, 0.2) is 54.6 Å². The maximum Gasteiger partial charge on any atom is 0.246 e. The van der Waals surface area contributed by atoms with Crippen LogP contribution in [-0.4, -0.2) is 48.9 Å². The molecule has 1 heterocycles. The molecule has 152 valence electrons. The smallest absolute Gasteiger partial charge is 0.246 e. The molecular weight excluding hydrogens is 370 g/mol. The Hall–Kier alpha value is -3.35. The number of carbonyl (C=O) groups is 3. The molecule has 0 aromatic heterocycles. The summed E-state index contributed by atoms with van der Waals surface area (Å²) >= 11 is 0. The van der Waals surface area contributed by atoms with Gasteiger partial charge in [-0.05, 0) is 24.1 Å². The van der Waals surface area contributed by atoms with Gasteiger partial charge in [0.05, 0.1) is 13.2 Å². The minimum absolute atomic E-state index is 0.00701. The summed E-state index contributed by atoms with van der Waals surface area (Å²) in [5.41, 5.74) is 6.99. The lowest BCUT2D eigenvalue weighted by atomic mass is 10.0. The van der Waals surface area contributed by atoms with Gasteiger partial charge in [-0.1, -0.05) is 36.4 Å². The van der Waals surface area contributed by atoms with E-state index >= 15 is 0 Å². The second-order valence-electron chi connectivity index (χ2n) is 7.04. The molecule has 1 aliphatic heterocycles. The number of amides is 3. The minimum Gasteiger partial charge on any atom is -0.497 e. The van der Waals surface area contributed by atoms with Gasteiger partial charge >= 0.3 is 0 Å². The number of hydrogen-bond donors (Lipinski definition) is 1. The number of methoxy groups -OCH3 is 1. The lowest BCUT2D eigenvalue weighted by molar-refractivity contribution is -0.140. The largest absolute Gasteiger partial charge is 0.497 e. The first-order valence-electron chi connectivity index (χ1n) is 9.54. The molecule has 0 aliphatic carbocycles. The van der Waals surface area contributed by atoms with Gasteiger partial charge in [0.25, 0.3) is 0 Å². The van der Waals surface area contributed by atoms with E-state index in [-0.39, 0.29) is 37.2 Å². The van der Waals surface area contributed by atoms with Crippen molar-refractivity contribution in [1.29, 1.82) is 0 Å². The monoisotopic (exact) mass is 395 g/mol. The highest BCUT2D eigenvalue weighted by atomic mass is 16.5. The molecule has 2 aromatic carbocycles. The van der Waals surface area contributed by atoms with E-state index in [0.29, 0.717) is 18.7 Å². The van der Waals surface area contributed by atoms with Crippen molar-refractivity contribution in [3.63, 3.8) is 0 Å². The Morgan fingerprint density at radius 3 is 2.55 bits per heavy atom. The molecule has 0 radical (unpaired) electrons. The third kappa shape index (κ3) is 5.13. The number of primary amides is 1. The van der Waals surface area contributed by atoms with Gasteiger partial charge in [0.1, 0.15) is 12.3 Å². The second kappa shape index (κ2) is 9.23. The van der Waals surface area contributed by atoms with E-state index in [4.69, 9.17) is 10.5 Å². The van der Waals surface area contributed by atoms with Crippen LogP contribution in [0.5, 0.6) is 5.75 Å². The van der Waals surface area contributed by atoms with Crippen LogP contribution in [0.25, 0.3) is 0 Å². The Bertz CT molecular complexity index is 885. The Morgan fingerprint density at radius 2 is 1.86 bits per heavy atom. The highest BCUT2D eigenvalue weighted by Crippen LogP contribution is 2.26. The average Bonchev–Trinajstić information content (AvgIpc) is 2.73. The van der Waals surface area contributed by atoms with Crippen LogP contribution in [0.1, 0.15) is 18.4 Å². The van der Waals surface area contributed by atoms with E-state index in [1.54, 1.807) is 16.9 Å². The van der Waals surface area contributed by atoms with Crippen molar-refractivity contribution >= 4 is 23.4 Å². The van der Waals surface area contributed by atoms with Crippen LogP contribution in [0.2, 0.25) is 0 Å². The zero-order valence-corrected chi connectivity index (χ0v) is 16.4. The molecule has 0 unspecified atom stereocenters. The summed E-state index contributed by atoms with van der Waals surface area (Å²) < 4.78 is 5.27. The van der Waals surface area contributed by atoms with Crippen molar-refractivity contribution in [1.82, 2.24) is 4.90 Å². The Labute approximate surface area is 170 Å².